The molecule has 0 aliphatic rings. The van der Waals surface area contributed by atoms with Crippen LogP contribution in [0.25, 0.3) is 0 Å². The summed E-state index contributed by atoms with van der Waals surface area (Å²) < 4.78 is 44.4. The number of amides is 1. The van der Waals surface area contributed by atoms with Gasteiger partial charge >= 0.3 is 12.1 Å². The summed E-state index contributed by atoms with van der Waals surface area (Å²) in [6.45, 7) is -0.760. The fourth-order valence-electron chi connectivity index (χ4n) is 2.52. The second-order valence-corrected chi connectivity index (χ2v) is 6.74. The summed E-state index contributed by atoms with van der Waals surface area (Å²) in [5.74, 6) is -1.70. The van der Waals surface area contributed by atoms with Gasteiger partial charge in [-0.2, -0.15) is 23.3 Å². The maximum atomic E-state index is 13.1. The van der Waals surface area contributed by atoms with E-state index in [2.05, 4.69) is 10.1 Å². The van der Waals surface area contributed by atoms with E-state index in [-0.39, 0.29) is 16.4 Å². The van der Waals surface area contributed by atoms with Crippen molar-refractivity contribution in [2.45, 2.75) is 6.18 Å². The molecule has 0 spiro atoms. The first-order chi connectivity index (χ1) is 15.2. The van der Waals surface area contributed by atoms with Crippen LogP contribution in [-0.4, -0.2) is 29.7 Å². The van der Waals surface area contributed by atoms with Gasteiger partial charge in [-0.15, -0.1) is 0 Å². The summed E-state index contributed by atoms with van der Waals surface area (Å²) in [7, 11) is 0. The van der Waals surface area contributed by atoms with E-state index in [0.29, 0.717) is 5.56 Å². The number of carbonyl (C=O) groups is 2. The van der Waals surface area contributed by atoms with Gasteiger partial charge in [-0.1, -0.05) is 48.0 Å². The average molecular weight is 462 g/mol. The Morgan fingerprint density at radius 1 is 1.06 bits per heavy atom. The Hall–Kier alpha value is -3.72. The number of benzene rings is 2. The molecule has 32 heavy (non-hydrogen) atoms. The van der Waals surface area contributed by atoms with Crippen molar-refractivity contribution in [3.05, 3.63) is 94.8 Å². The van der Waals surface area contributed by atoms with Gasteiger partial charge in [0.05, 0.1) is 23.0 Å². The summed E-state index contributed by atoms with van der Waals surface area (Å²) >= 11 is 5.66. The number of anilines is 1. The number of nitrogens with zero attached hydrogens (tertiary/aromatic N) is 3. The second-order valence-electron chi connectivity index (χ2n) is 6.35. The molecule has 0 aliphatic heterocycles. The molecule has 1 aromatic heterocycles. The van der Waals surface area contributed by atoms with Crippen LogP contribution in [0.2, 0.25) is 5.15 Å². The molecule has 0 radical (unpaired) electrons. The minimum absolute atomic E-state index is 0.0561. The van der Waals surface area contributed by atoms with Crippen LogP contribution < -0.4 is 5.01 Å². The zero-order chi connectivity index (χ0) is 23.1. The Morgan fingerprint density at radius 2 is 1.81 bits per heavy atom. The summed E-state index contributed by atoms with van der Waals surface area (Å²) in [5, 5.41) is 4.94. The molecule has 0 saturated carbocycles. The SMILES string of the molecule is O=C(OCC(=O)N(/N=C\c1ccccc1)c1cccc(C(F)(F)F)c1)c1ccc(Cl)nc1. The van der Waals surface area contributed by atoms with Crippen molar-refractivity contribution in [1.82, 2.24) is 4.98 Å². The van der Waals surface area contributed by atoms with Crippen molar-refractivity contribution in [2.24, 2.45) is 5.10 Å². The van der Waals surface area contributed by atoms with Crippen LogP contribution in [0.1, 0.15) is 21.5 Å². The monoisotopic (exact) mass is 461 g/mol. The molecule has 2 aromatic carbocycles. The Bertz CT molecular complexity index is 1120. The fraction of sp³-hybridized carbons (Fsp3) is 0.0909. The molecular formula is C22H15ClF3N3O3. The highest BCUT2D eigenvalue weighted by molar-refractivity contribution is 6.29. The van der Waals surface area contributed by atoms with Crippen molar-refractivity contribution in [2.75, 3.05) is 11.6 Å². The zero-order valence-corrected chi connectivity index (χ0v) is 17.0. The lowest BCUT2D eigenvalue weighted by Gasteiger charge is -2.18. The van der Waals surface area contributed by atoms with E-state index < -0.39 is 30.2 Å². The van der Waals surface area contributed by atoms with Crippen molar-refractivity contribution in [3.63, 3.8) is 0 Å². The van der Waals surface area contributed by atoms with Crippen molar-refractivity contribution in [3.8, 4) is 0 Å². The molecule has 164 valence electrons. The van der Waals surface area contributed by atoms with Gasteiger partial charge in [0, 0.05) is 6.20 Å². The molecule has 0 saturated heterocycles. The summed E-state index contributed by atoms with van der Waals surface area (Å²) in [6, 6.07) is 15.5. The van der Waals surface area contributed by atoms with E-state index in [9.17, 15) is 22.8 Å². The smallest absolute Gasteiger partial charge is 0.416 e. The first kappa shape index (κ1) is 23.0. The number of aromatic nitrogens is 1. The predicted molar refractivity (Wildman–Crippen MR) is 112 cm³/mol. The van der Waals surface area contributed by atoms with Crippen molar-refractivity contribution >= 4 is 35.4 Å². The normalized spacial score (nSPS) is 11.4. The lowest BCUT2D eigenvalue weighted by molar-refractivity contribution is -0.137. The van der Waals surface area contributed by atoms with Crippen LogP contribution in [0.15, 0.2) is 78.0 Å². The molecule has 1 heterocycles. The molecule has 0 bridgehead atoms. The van der Waals surface area contributed by atoms with Crippen molar-refractivity contribution < 1.29 is 27.5 Å². The number of rotatable bonds is 6. The maximum Gasteiger partial charge on any atom is 0.416 e. The Morgan fingerprint density at radius 3 is 2.47 bits per heavy atom. The van der Waals surface area contributed by atoms with Gasteiger partial charge in [0.15, 0.2) is 6.61 Å². The molecule has 10 heteroatoms. The van der Waals surface area contributed by atoms with E-state index in [4.69, 9.17) is 16.3 Å². The molecular weight excluding hydrogens is 447 g/mol. The van der Waals surface area contributed by atoms with E-state index in [1.165, 1.54) is 30.6 Å². The molecule has 0 N–H and O–H groups in total. The number of hydrogen-bond donors (Lipinski definition) is 0. The van der Waals surface area contributed by atoms with E-state index >= 15 is 0 Å². The van der Waals surface area contributed by atoms with Crippen LogP contribution in [0, 0.1) is 0 Å². The predicted octanol–water partition coefficient (Wildman–Crippen LogP) is 4.98. The Balaban J connectivity index is 1.83. The zero-order valence-electron chi connectivity index (χ0n) is 16.3. The average Bonchev–Trinajstić information content (AvgIpc) is 2.78. The number of hydrogen-bond acceptors (Lipinski definition) is 5. The molecule has 1 amide bonds. The highest BCUT2D eigenvalue weighted by Gasteiger charge is 2.31. The molecule has 0 aliphatic carbocycles. The summed E-state index contributed by atoms with van der Waals surface area (Å²) in [6.07, 6.45) is -2.13. The van der Waals surface area contributed by atoms with Crippen LogP contribution in [0.4, 0.5) is 18.9 Å². The number of carbonyl (C=O) groups excluding carboxylic acids is 2. The van der Waals surface area contributed by atoms with E-state index in [1.54, 1.807) is 30.3 Å². The molecule has 0 atom stereocenters. The first-order valence-corrected chi connectivity index (χ1v) is 9.50. The molecule has 3 aromatic rings. The Labute approximate surface area is 185 Å². The quantitative estimate of drug-likeness (QED) is 0.225. The van der Waals surface area contributed by atoms with Crippen LogP contribution >= 0.6 is 11.6 Å². The van der Waals surface area contributed by atoms with Crippen LogP contribution in [0.5, 0.6) is 0 Å². The number of pyridine rings is 1. The minimum atomic E-state index is -4.61. The number of halogens is 4. The molecule has 0 fully saturated rings. The third-order valence-corrected chi connectivity index (χ3v) is 4.29. The summed E-state index contributed by atoms with van der Waals surface area (Å²) in [5.41, 5.74) is -0.421. The van der Waals surface area contributed by atoms with E-state index in [1.807, 2.05) is 0 Å². The topological polar surface area (TPSA) is 71.9 Å². The van der Waals surface area contributed by atoms with Crippen LogP contribution in [0.3, 0.4) is 0 Å². The van der Waals surface area contributed by atoms with Gasteiger partial charge in [-0.25, -0.2) is 9.78 Å². The van der Waals surface area contributed by atoms with Gasteiger partial charge in [-0.3, -0.25) is 4.79 Å². The molecule has 0 unspecified atom stereocenters. The number of esters is 1. The number of hydrazone groups is 1. The second kappa shape index (κ2) is 10.1. The fourth-order valence-corrected chi connectivity index (χ4v) is 2.63. The molecule has 3 rings (SSSR count). The van der Waals surface area contributed by atoms with Gasteiger partial charge in [0.25, 0.3) is 5.91 Å². The third kappa shape index (κ3) is 6.14. The Kier molecular flexibility index (Phi) is 7.21. The summed E-state index contributed by atoms with van der Waals surface area (Å²) in [4.78, 5) is 28.6. The highest BCUT2D eigenvalue weighted by Crippen LogP contribution is 2.31. The lowest BCUT2D eigenvalue weighted by atomic mass is 10.2. The van der Waals surface area contributed by atoms with E-state index in [0.717, 1.165) is 23.2 Å². The maximum absolute atomic E-state index is 13.1. The standard InChI is InChI=1S/C22H15ClF3N3O3/c23-19-10-9-16(13-27-19)21(31)32-14-20(30)29(28-12-15-5-2-1-3-6-15)18-8-4-7-17(11-18)22(24,25)26/h1-13H,14H2/b28-12-. The van der Waals surface area contributed by atoms with Gasteiger partial charge < -0.3 is 4.74 Å². The number of ether oxygens (including phenoxy) is 1. The largest absolute Gasteiger partial charge is 0.452 e. The minimum Gasteiger partial charge on any atom is -0.452 e. The van der Waals surface area contributed by atoms with Crippen molar-refractivity contribution in [1.29, 1.82) is 0 Å². The number of alkyl halides is 3. The molecule has 6 nitrogen and oxygen atoms in total. The van der Waals surface area contributed by atoms with Gasteiger partial charge in [0.1, 0.15) is 5.15 Å². The van der Waals surface area contributed by atoms with Gasteiger partial charge in [0.2, 0.25) is 0 Å². The van der Waals surface area contributed by atoms with Crippen LogP contribution in [-0.2, 0) is 15.7 Å². The highest BCUT2D eigenvalue weighted by atomic mass is 35.5. The first-order valence-electron chi connectivity index (χ1n) is 9.12. The lowest BCUT2D eigenvalue weighted by Crippen LogP contribution is -2.31. The van der Waals surface area contributed by atoms with Gasteiger partial charge in [-0.05, 0) is 35.9 Å². The third-order valence-electron chi connectivity index (χ3n) is 4.07.